The van der Waals surface area contributed by atoms with Crippen molar-refractivity contribution in [2.75, 3.05) is 4.72 Å². The molecule has 6 heteroatoms. The van der Waals surface area contributed by atoms with E-state index in [1.807, 2.05) is 6.92 Å². The lowest BCUT2D eigenvalue weighted by molar-refractivity contribution is 0.595. The van der Waals surface area contributed by atoms with E-state index in [9.17, 15) is 12.8 Å². The number of hydrogen-bond donors (Lipinski definition) is 1. The summed E-state index contributed by atoms with van der Waals surface area (Å²) in [4.78, 5) is 3.79. The Hall–Kier alpha value is -1.95. The van der Waals surface area contributed by atoms with Gasteiger partial charge in [-0.3, -0.25) is 4.72 Å². The molecule has 4 nitrogen and oxygen atoms in total. The lowest BCUT2D eigenvalue weighted by Gasteiger charge is -2.07. The minimum Gasteiger partial charge on any atom is -0.263 e. The molecule has 2 aromatic rings. The second-order valence-electron chi connectivity index (χ2n) is 3.78. The highest BCUT2D eigenvalue weighted by Crippen LogP contribution is 2.15. The fourth-order valence-corrected chi connectivity index (χ4v) is 2.40. The first-order valence-corrected chi connectivity index (χ1v) is 6.67. The quantitative estimate of drug-likeness (QED) is 0.927. The van der Waals surface area contributed by atoms with Crippen molar-refractivity contribution in [1.29, 1.82) is 0 Å². The van der Waals surface area contributed by atoms with E-state index >= 15 is 0 Å². The number of nitrogens with one attached hydrogen (secondary N) is 1. The average Bonchev–Trinajstić information content (AvgIpc) is 2.32. The average molecular weight is 266 g/mol. The van der Waals surface area contributed by atoms with E-state index in [1.54, 1.807) is 18.3 Å². The molecule has 0 saturated heterocycles. The molecule has 0 bridgehead atoms. The maximum Gasteiger partial charge on any atom is 0.263 e. The van der Waals surface area contributed by atoms with E-state index in [0.717, 1.165) is 11.6 Å². The van der Waals surface area contributed by atoms with Crippen molar-refractivity contribution in [2.45, 2.75) is 11.8 Å². The molecule has 0 unspecified atom stereocenters. The SMILES string of the molecule is Cc1ccc(NS(=O)(=O)c2cccc(F)c2)nc1. The number of aryl methyl sites for hydroxylation is 1. The zero-order valence-corrected chi connectivity index (χ0v) is 10.4. The van der Waals surface area contributed by atoms with E-state index in [2.05, 4.69) is 9.71 Å². The van der Waals surface area contributed by atoms with E-state index in [1.165, 1.54) is 18.2 Å². The Morgan fingerprint density at radius 1 is 1.22 bits per heavy atom. The van der Waals surface area contributed by atoms with Crippen LogP contribution in [0, 0.1) is 12.7 Å². The molecule has 0 aliphatic carbocycles. The van der Waals surface area contributed by atoms with Crippen LogP contribution in [0.2, 0.25) is 0 Å². The van der Waals surface area contributed by atoms with Crippen LogP contribution in [0.3, 0.4) is 0 Å². The predicted molar refractivity (Wildman–Crippen MR) is 66.2 cm³/mol. The third-order valence-corrected chi connectivity index (χ3v) is 3.61. The van der Waals surface area contributed by atoms with Crippen LogP contribution >= 0.6 is 0 Å². The van der Waals surface area contributed by atoms with Crippen LogP contribution in [-0.4, -0.2) is 13.4 Å². The van der Waals surface area contributed by atoms with Gasteiger partial charge in [-0.1, -0.05) is 12.1 Å². The number of benzene rings is 1. The summed E-state index contributed by atoms with van der Waals surface area (Å²) in [5.41, 5.74) is 0.920. The highest BCUT2D eigenvalue weighted by Gasteiger charge is 2.15. The van der Waals surface area contributed by atoms with Crippen molar-refractivity contribution in [2.24, 2.45) is 0 Å². The standard InChI is InChI=1S/C12H11FN2O2S/c1-9-5-6-12(14-8-9)15-18(16,17)11-4-2-3-10(13)7-11/h2-8H,1H3,(H,14,15). The summed E-state index contributed by atoms with van der Waals surface area (Å²) in [6.07, 6.45) is 1.55. The van der Waals surface area contributed by atoms with Gasteiger partial charge in [-0.25, -0.2) is 17.8 Å². The summed E-state index contributed by atoms with van der Waals surface area (Å²) < 4.78 is 39.1. The van der Waals surface area contributed by atoms with E-state index in [-0.39, 0.29) is 10.7 Å². The molecule has 1 aromatic carbocycles. The highest BCUT2D eigenvalue weighted by molar-refractivity contribution is 7.92. The molecule has 0 saturated carbocycles. The number of pyridine rings is 1. The third kappa shape index (κ3) is 2.84. The second-order valence-corrected chi connectivity index (χ2v) is 5.47. The first-order chi connectivity index (χ1) is 8.47. The predicted octanol–water partition coefficient (Wildman–Crippen LogP) is 2.33. The molecule has 18 heavy (non-hydrogen) atoms. The Labute approximate surface area is 105 Å². The van der Waals surface area contributed by atoms with Crippen LogP contribution < -0.4 is 4.72 Å². The topological polar surface area (TPSA) is 59.1 Å². The maximum atomic E-state index is 13.0. The Morgan fingerprint density at radius 3 is 2.61 bits per heavy atom. The zero-order valence-electron chi connectivity index (χ0n) is 9.59. The molecule has 0 aliphatic rings. The van der Waals surface area contributed by atoms with E-state index in [4.69, 9.17) is 0 Å². The van der Waals surface area contributed by atoms with Crippen LogP contribution in [0.15, 0.2) is 47.5 Å². The van der Waals surface area contributed by atoms with Crippen LogP contribution in [0.1, 0.15) is 5.56 Å². The van der Waals surface area contributed by atoms with Crippen molar-refractivity contribution < 1.29 is 12.8 Å². The Balaban J connectivity index is 2.30. The molecular formula is C12H11FN2O2S. The Morgan fingerprint density at radius 2 is 2.00 bits per heavy atom. The van der Waals surface area contributed by atoms with Gasteiger partial charge in [0.05, 0.1) is 4.90 Å². The molecule has 0 aliphatic heterocycles. The maximum absolute atomic E-state index is 13.0. The lowest BCUT2D eigenvalue weighted by atomic mass is 10.3. The Bertz CT molecular complexity index is 654. The largest absolute Gasteiger partial charge is 0.263 e. The van der Waals surface area contributed by atoms with Gasteiger partial charge in [-0.15, -0.1) is 0 Å². The van der Waals surface area contributed by atoms with Crippen molar-refractivity contribution in [3.05, 3.63) is 54.0 Å². The molecule has 0 atom stereocenters. The molecule has 0 spiro atoms. The van der Waals surface area contributed by atoms with Gasteiger partial charge in [-0.2, -0.15) is 0 Å². The first-order valence-electron chi connectivity index (χ1n) is 5.18. The van der Waals surface area contributed by atoms with Crippen LogP contribution in [0.4, 0.5) is 10.2 Å². The summed E-state index contributed by atoms with van der Waals surface area (Å²) in [5.74, 6) is -0.403. The molecule has 1 heterocycles. The van der Waals surface area contributed by atoms with Gasteiger partial charge < -0.3 is 0 Å². The normalized spacial score (nSPS) is 11.2. The van der Waals surface area contributed by atoms with Crippen LogP contribution in [0.25, 0.3) is 0 Å². The number of anilines is 1. The molecule has 2 rings (SSSR count). The van der Waals surface area contributed by atoms with Gasteiger partial charge in [0, 0.05) is 6.20 Å². The van der Waals surface area contributed by atoms with Crippen molar-refractivity contribution in [3.63, 3.8) is 0 Å². The number of halogens is 1. The van der Waals surface area contributed by atoms with Gasteiger partial charge in [0.15, 0.2) is 0 Å². The summed E-state index contributed by atoms with van der Waals surface area (Å²) in [5, 5.41) is 0. The van der Waals surface area contributed by atoms with Crippen molar-refractivity contribution >= 4 is 15.8 Å². The summed E-state index contributed by atoms with van der Waals surface area (Å²) in [6, 6.07) is 8.08. The smallest absolute Gasteiger partial charge is 0.263 e. The first kappa shape index (κ1) is 12.5. The molecule has 0 amide bonds. The zero-order chi connectivity index (χ0) is 13.2. The molecule has 1 aromatic heterocycles. The summed E-state index contributed by atoms with van der Waals surface area (Å²) in [7, 11) is -3.80. The van der Waals surface area contributed by atoms with Gasteiger partial charge in [0.2, 0.25) is 0 Å². The summed E-state index contributed by atoms with van der Waals surface area (Å²) >= 11 is 0. The third-order valence-electron chi connectivity index (χ3n) is 2.26. The van der Waals surface area contributed by atoms with Crippen LogP contribution in [0.5, 0.6) is 0 Å². The van der Waals surface area contributed by atoms with Gasteiger partial charge >= 0.3 is 0 Å². The molecule has 0 fully saturated rings. The van der Waals surface area contributed by atoms with Crippen molar-refractivity contribution in [1.82, 2.24) is 4.98 Å². The fraction of sp³-hybridized carbons (Fsp3) is 0.0833. The molecule has 0 radical (unpaired) electrons. The van der Waals surface area contributed by atoms with E-state index in [0.29, 0.717) is 0 Å². The minimum atomic E-state index is -3.80. The minimum absolute atomic E-state index is 0.134. The van der Waals surface area contributed by atoms with Gasteiger partial charge in [0.1, 0.15) is 11.6 Å². The molecule has 94 valence electrons. The van der Waals surface area contributed by atoms with Crippen LogP contribution in [-0.2, 0) is 10.0 Å². The number of sulfonamides is 1. The van der Waals surface area contributed by atoms with Crippen molar-refractivity contribution in [3.8, 4) is 0 Å². The fourth-order valence-electron chi connectivity index (χ4n) is 1.36. The Kier molecular flexibility index (Phi) is 3.29. The van der Waals surface area contributed by atoms with E-state index < -0.39 is 15.8 Å². The van der Waals surface area contributed by atoms with Gasteiger partial charge in [0.25, 0.3) is 10.0 Å². The molecular weight excluding hydrogens is 255 g/mol. The molecule has 1 N–H and O–H groups in total. The number of hydrogen-bond acceptors (Lipinski definition) is 3. The van der Waals surface area contributed by atoms with Gasteiger partial charge in [-0.05, 0) is 36.8 Å². The number of aromatic nitrogens is 1. The summed E-state index contributed by atoms with van der Waals surface area (Å²) in [6.45, 7) is 1.85. The lowest BCUT2D eigenvalue weighted by Crippen LogP contribution is -2.14. The second kappa shape index (κ2) is 4.73. The number of nitrogens with zero attached hydrogens (tertiary/aromatic N) is 1. The number of rotatable bonds is 3. The monoisotopic (exact) mass is 266 g/mol. The highest BCUT2D eigenvalue weighted by atomic mass is 32.2.